The third-order valence-corrected chi connectivity index (χ3v) is 6.67. The number of nitrogens with one attached hydrogen (secondary N) is 1. The van der Waals surface area contributed by atoms with Gasteiger partial charge in [0, 0.05) is 21.1 Å². The summed E-state index contributed by atoms with van der Waals surface area (Å²) in [6.45, 7) is 0.811. The second-order valence-electron chi connectivity index (χ2n) is 6.28. The van der Waals surface area contributed by atoms with E-state index in [2.05, 4.69) is 21.2 Å². The van der Waals surface area contributed by atoms with Crippen molar-refractivity contribution in [3.05, 3.63) is 27.5 Å². The number of benzene rings is 1. The summed E-state index contributed by atoms with van der Waals surface area (Å²) in [5.74, 6) is 0.833. The van der Waals surface area contributed by atoms with Gasteiger partial charge in [0.25, 0.3) is 5.91 Å². The molecule has 5 heteroatoms. The van der Waals surface area contributed by atoms with Crippen molar-refractivity contribution in [1.29, 1.82) is 0 Å². The first kappa shape index (κ1) is 13.6. The molecule has 0 bridgehead atoms. The monoisotopic (exact) mass is 364 g/mol. The molecule has 0 radical (unpaired) electrons. The smallest absolute Gasteiger partial charge is 0.263 e. The van der Waals surface area contributed by atoms with Gasteiger partial charge in [-0.2, -0.15) is 0 Å². The van der Waals surface area contributed by atoms with Gasteiger partial charge >= 0.3 is 0 Å². The number of thiophene rings is 1. The average Bonchev–Trinajstić information content (AvgIpc) is 3.34. The van der Waals surface area contributed by atoms with E-state index in [0.717, 1.165) is 27.0 Å². The highest BCUT2D eigenvalue weighted by Gasteiger charge is 2.53. The molecule has 3 nitrogen and oxygen atoms in total. The van der Waals surface area contributed by atoms with Crippen LogP contribution in [0.1, 0.15) is 35.4 Å². The molecule has 0 aliphatic heterocycles. The van der Waals surface area contributed by atoms with Crippen LogP contribution in [0.15, 0.2) is 22.7 Å². The van der Waals surface area contributed by atoms with E-state index in [0.29, 0.717) is 16.0 Å². The summed E-state index contributed by atoms with van der Waals surface area (Å²) in [6.07, 6.45) is 5.22. The maximum Gasteiger partial charge on any atom is 0.263 e. The zero-order valence-electron chi connectivity index (χ0n) is 11.6. The normalized spacial score (nSPS) is 19.7. The lowest BCUT2D eigenvalue weighted by molar-refractivity contribution is 0.0947. The topological polar surface area (TPSA) is 55.1 Å². The van der Waals surface area contributed by atoms with Gasteiger partial charge < -0.3 is 11.1 Å². The molecule has 110 valence electrons. The summed E-state index contributed by atoms with van der Waals surface area (Å²) in [5.41, 5.74) is 7.20. The molecular formula is C16H17BrN2OS. The molecular weight excluding hydrogens is 348 g/mol. The van der Waals surface area contributed by atoms with Crippen molar-refractivity contribution in [2.45, 2.75) is 25.7 Å². The number of rotatable bonds is 4. The Morgan fingerprint density at radius 2 is 2.19 bits per heavy atom. The van der Waals surface area contributed by atoms with Crippen molar-refractivity contribution in [1.82, 2.24) is 5.32 Å². The molecule has 2 saturated carbocycles. The number of halogens is 1. The number of anilines is 1. The van der Waals surface area contributed by atoms with Gasteiger partial charge in [0.05, 0.1) is 5.69 Å². The molecule has 2 aliphatic rings. The molecule has 1 heterocycles. The highest BCUT2D eigenvalue weighted by molar-refractivity contribution is 9.10. The number of nitrogens with two attached hydrogens (primary N) is 1. The Morgan fingerprint density at radius 1 is 1.43 bits per heavy atom. The lowest BCUT2D eigenvalue weighted by atomic mass is 10.0. The van der Waals surface area contributed by atoms with Crippen LogP contribution in [-0.2, 0) is 0 Å². The fourth-order valence-corrected chi connectivity index (χ4v) is 5.00. The first-order valence-corrected chi connectivity index (χ1v) is 8.96. The van der Waals surface area contributed by atoms with Crippen LogP contribution >= 0.6 is 27.3 Å². The molecule has 0 saturated heterocycles. The van der Waals surface area contributed by atoms with Crippen LogP contribution in [0, 0.1) is 11.3 Å². The summed E-state index contributed by atoms with van der Waals surface area (Å²) in [7, 11) is 0. The predicted octanol–water partition coefficient (Wildman–Crippen LogP) is 4.17. The van der Waals surface area contributed by atoms with Gasteiger partial charge in [0.1, 0.15) is 4.88 Å². The SMILES string of the molecule is Nc1c(C(=O)NCC2(C3CC3)CC2)sc2cccc(Br)c12. The number of carbonyl (C=O) groups excluding carboxylic acids is 1. The Bertz CT molecular complexity index is 731. The van der Waals surface area contributed by atoms with Gasteiger partial charge in [-0.1, -0.05) is 22.0 Å². The number of amides is 1. The quantitative estimate of drug-likeness (QED) is 0.855. The number of carbonyl (C=O) groups is 1. The van der Waals surface area contributed by atoms with Gasteiger partial charge in [0.15, 0.2) is 0 Å². The van der Waals surface area contributed by atoms with E-state index in [4.69, 9.17) is 5.73 Å². The molecule has 0 unspecified atom stereocenters. The van der Waals surface area contributed by atoms with Gasteiger partial charge in [-0.05, 0) is 49.1 Å². The van der Waals surface area contributed by atoms with Crippen molar-refractivity contribution >= 4 is 48.9 Å². The highest BCUT2D eigenvalue weighted by atomic mass is 79.9. The van der Waals surface area contributed by atoms with E-state index >= 15 is 0 Å². The zero-order chi connectivity index (χ0) is 14.6. The van der Waals surface area contributed by atoms with Crippen molar-refractivity contribution in [3.63, 3.8) is 0 Å². The minimum atomic E-state index is -0.0208. The highest BCUT2D eigenvalue weighted by Crippen LogP contribution is 2.60. The molecule has 1 amide bonds. The number of hydrogen-bond donors (Lipinski definition) is 2. The Morgan fingerprint density at radius 3 is 2.81 bits per heavy atom. The van der Waals surface area contributed by atoms with Crippen LogP contribution in [0.4, 0.5) is 5.69 Å². The van der Waals surface area contributed by atoms with Crippen molar-refractivity contribution in [3.8, 4) is 0 Å². The minimum Gasteiger partial charge on any atom is -0.397 e. The predicted molar refractivity (Wildman–Crippen MR) is 90.7 cm³/mol. The van der Waals surface area contributed by atoms with Crippen LogP contribution in [0.5, 0.6) is 0 Å². The third-order valence-electron chi connectivity index (χ3n) is 4.84. The molecule has 1 aromatic heterocycles. The molecule has 4 rings (SSSR count). The summed E-state index contributed by atoms with van der Waals surface area (Å²) < 4.78 is 2.00. The number of hydrogen-bond acceptors (Lipinski definition) is 3. The fourth-order valence-electron chi connectivity index (χ4n) is 3.22. The zero-order valence-corrected chi connectivity index (χ0v) is 14.0. The molecule has 3 N–H and O–H groups in total. The molecule has 21 heavy (non-hydrogen) atoms. The third kappa shape index (κ3) is 2.27. The molecule has 2 aliphatic carbocycles. The number of nitrogen functional groups attached to an aromatic ring is 1. The van der Waals surface area contributed by atoms with Gasteiger partial charge in [-0.15, -0.1) is 11.3 Å². The Kier molecular flexibility index (Phi) is 3.05. The lowest BCUT2D eigenvalue weighted by Gasteiger charge is -2.14. The van der Waals surface area contributed by atoms with Crippen LogP contribution < -0.4 is 11.1 Å². The fraction of sp³-hybridized carbons (Fsp3) is 0.438. The van der Waals surface area contributed by atoms with Crippen molar-refractivity contribution < 1.29 is 4.79 Å². The summed E-state index contributed by atoms with van der Waals surface area (Å²) in [4.78, 5) is 13.1. The van der Waals surface area contributed by atoms with Crippen LogP contribution in [0.3, 0.4) is 0 Å². The van der Waals surface area contributed by atoms with E-state index < -0.39 is 0 Å². The molecule has 0 spiro atoms. The van der Waals surface area contributed by atoms with Crippen LogP contribution in [0.2, 0.25) is 0 Å². The van der Waals surface area contributed by atoms with Gasteiger partial charge in [-0.25, -0.2) is 0 Å². The number of fused-ring (bicyclic) bond motifs is 1. The average molecular weight is 365 g/mol. The van der Waals surface area contributed by atoms with E-state index in [1.54, 1.807) is 0 Å². The summed E-state index contributed by atoms with van der Waals surface area (Å²) >= 11 is 4.99. The van der Waals surface area contributed by atoms with Gasteiger partial charge in [-0.3, -0.25) is 4.79 Å². The van der Waals surface area contributed by atoms with Crippen molar-refractivity contribution in [2.75, 3.05) is 12.3 Å². The van der Waals surface area contributed by atoms with Crippen molar-refractivity contribution in [2.24, 2.45) is 11.3 Å². The maximum absolute atomic E-state index is 12.5. The maximum atomic E-state index is 12.5. The minimum absolute atomic E-state index is 0.0208. The standard InChI is InChI=1S/C16H17BrN2OS/c17-10-2-1-3-11-12(10)13(18)14(21-11)15(20)19-8-16(6-7-16)9-4-5-9/h1-3,9H,4-8,18H2,(H,19,20). The van der Waals surface area contributed by atoms with E-state index in [9.17, 15) is 4.79 Å². The second-order valence-corrected chi connectivity index (χ2v) is 8.18. The van der Waals surface area contributed by atoms with Gasteiger partial charge in [0.2, 0.25) is 0 Å². The first-order chi connectivity index (χ1) is 10.1. The molecule has 1 aromatic carbocycles. The Hall–Kier alpha value is -1.07. The summed E-state index contributed by atoms with van der Waals surface area (Å²) in [6, 6.07) is 5.93. The molecule has 0 atom stereocenters. The van der Waals surface area contributed by atoms with E-state index in [-0.39, 0.29) is 5.91 Å². The van der Waals surface area contributed by atoms with Crippen LogP contribution in [0.25, 0.3) is 10.1 Å². The molecule has 2 aromatic rings. The largest absolute Gasteiger partial charge is 0.397 e. The lowest BCUT2D eigenvalue weighted by Crippen LogP contribution is -2.31. The van der Waals surface area contributed by atoms with E-state index in [1.807, 2.05) is 18.2 Å². The summed E-state index contributed by atoms with van der Waals surface area (Å²) in [5, 5.41) is 4.08. The second kappa shape index (κ2) is 4.71. The Balaban J connectivity index is 1.57. The van der Waals surface area contributed by atoms with Crippen LogP contribution in [-0.4, -0.2) is 12.5 Å². The van der Waals surface area contributed by atoms with E-state index in [1.165, 1.54) is 37.0 Å². The first-order valence-electron chi connectivity index (χ1n) is 7.35. The Labute approximate surface area is 136 Å². The molecule has 2 fully saturated rings.